The molecule has 0 aliphatic carbocycles. The summed E-state index contributed by atoms with van der Waals surface area (Å²) in [5, 5.41) is 3.94. The lowest BCUT2D eigenvalue weighted by Crippen LogP contribution is -1.94. The highest BCUT2D eigenvalue weighted by Crippen LogP contribution is 2.17. The van der Waals surface area contributed by atoms with Crippen LogP contribution in [0.3, 0.4) is 0 Å². The molecule has 0 unspecified atom stereocenters. The number of nitrogens with zero attached hydrogens (tertiary/aromatic N) is 4. The molecule has 0 amide bonds. The first-order valence-corrected chi connectivity index (χ1v) is 6.28. The van der Waals surface area contributed by atoms with Gasteiger partial charge >= 0.3 is 0 Å². The molecular weight excluding hydrogens is 270 g/mol. The second-order valence-corrected chi connectivity index (χ2v) is 4.38. The van der Waals surface area contributed by atoms with E-state index in [1.807, 2.05) is 6.07 Å². The number of hydrogen-bond acceptors (Lipinski definition) is 7. The summed E-state index contributed by atoms with van der Waals surface area (Å²) in [7, 11) is 1.58. The predicted molar refractivity (Wildman–Crippen MR) is 75.5 cm³/mol. The quantitative estimate of drug-likeness (QED) is 0.777. The van der Waals surface area contributed by atoms with Crippen molar-refractivity contribution in [1.82, 2.24) is 20.1 Å². The van der Waals surface area contributed by atoms with Gasteiger partial charge in [0.25, 0.3) is 5.89 Å². The Hall–Kier alpha value is -2.96. The first kappa shape index (κ1) is 13.0. The first-order chi connectivity index (χ1) is 10.2. The second kappa shape index (κ2) is 5.58. The normalized spacial score (nSPS) is 10.5. The van der Waals surface area contributed by atoms with E-state index in [1.165, 1.54) is 0 Å². The fraction of sp³-hybridized carbons (Fsp3) is 0.143. The van der Waals surface area contributed by atoms with Gasteiger partial charge in [0.2, 0.25) is 5.88 Å². The van der Waals surface area contributed by atoms with E-state index in [0.29, 0.717) is 35.4 Å². The average Bonchev–Trinajstić information content (AvgIpc) is 2.97. The number of nitrogens with two attached hydrogens (primary N) is 1. The maximum Gasteiger partial charge on any atom is 0.276 e. The van der Waals surface area contributed by atoms with Crippen molar-refractivity contribution < 1.29 is 9.26 Å². The zero-order chi connectivity index (χ0) is 14.7. The maximum atomic E-state index is 5.59. The number of methoxy groups -OCH3 is 1. The highest BCUT2D eigenvalue weighted by Gasteiger charge is 2.10. The molecule has 0 aliphatic heterocycles. The van der Waals surface area contributed by atoms with Crippen LogP contribution in [0.4, 0.5) is 5.69 Å². The summed E-state index contributed by atoms with van der Waals surface area (Å²) in [6.45, 7) is 0. The summed E-state index contributed by atoms with van der Waals surface area (Å²) < 4.78 is 10.2. The van der Waals surface area contributed by atoms with E-state index in [-0.39, 0.29) is 0 Å². The molecular formula is C14H13N5O2. The summed E-state index contributed by atoms with van der Waals surface area (Å²) in [6, 6.07) is 7.17. The van der Waals surface area contributed by atoms with Crippen molar-refractivity contribution in [1.29, 1.82) is 0 Å². The lowest BCUT2D eigenvalue weighted by atomic mass is 10.2. The molecule has 0 spiro atoms. The Kier molecular flexibility index (Phi) is 3.46. The number of pyridine rings is 2. The van der Waals surface area contributed by atoms with Gasteiger partial charge in [-0.3, -0.25) is 0 Å². The fourth-order valence-electron chi connectivity index (χ4n) is 1.78. The van der Waals surface area contributed by atoms with E-state index in [4.69, 9.17) is 15.0 Å². The molecule has 0 saturated heterocycles. The van der Waals surface area contributed by atoms with Crippen LogP contribution >= 0.6 is 0 Å². The minimum absolute atomic E-state index is 0.367. The Labute approximate surface area is 120 Å². The second-order valence-electron chi connectivity index (χ2n) is 4.38. The van der Waals surface area contributed by atoms with Gasteiger partial charge in [-0.05, 0) is 17.7 Å². The van der Waals surface area contributed by atoms with E-state index >= 15 is 0 Å². The van der Waals surface area contributed by atoms with Gasteiger partial charge in [-0.15, -0.1) is 0 Å². The number of rotatable bonds is 4. The van der Waals surface area contributed by atoms with Gasteiger partial charge < -0.3 is 15.0 Å². The number of ether oxygens (including phenoxy) is 1. The summed E-state index contributed by atoms with van der Waals surface area (Å²) in [5.41, 5.74) is 7.73. The van der Waals surface area contributed by atoms with E-state index in [1.54, 1.807) is 37.7 Å². The zero-order valence-electron chi connectivity index (χ0n) is 11.4. The monoisotopic (exact) mass is 283 g/mol. The highest BCUT2D eigenvalue weighted by molar-refractivity contribution is 5.50. The Morgan fingerprint density at radius 3 is 2.71 bits per heavy atom. The van der Waals surface area contributed by atoms with Gasteiger partial charge in [0, 0.05) is 18.7 Å². The Balaban J connectivity index is 1.76. The summed E-state index contributed by atoms with van der Waals surface area (Å²) in [5.74, 6) is 1.50. The lowest BCUT2D eigenvalue weighted by Gasteiger charge is -1.99. The van der Waals surface area contributed by atoms with Crippen LogP contribution in [0.1, 0.15) is 11.4 Å². The Bertz CT molecular complexity index is 722. The van der Waals surface area contributed by atoms with Gasteiger partial charge in [0.1, 0.15) is 5.69 Å². The summed E-state index contributed by atoms with van der Waals surface area (Å²) >= 11 is 0. The number of anilines is 1. The molecule has 2 N–H and O–H groups in total. The van der Waals surface area contributed by atoms with Crippen LogP contribution in [0, 0.1) is 0 Å². The van der Waals surface area contributed by atoms with E-state index in [0.717, 1.165) is 5.56 Å². The molecule has 3 aromatic heterocycles. The zero-order valence-corrected chi connectivity index (χ0v) is 11.4. The molecule has 21 heavy (non-hydrogen) atoms. The van der Waals surface area contributed by atoms with Crippen LogP contribution < -0.4 is 10.5 Å². The fourth-order valence-corrected chi connectivity index (χ4v) is 1.78. The smallest absolute Gasteiger partial charge is 0.276 e. The van der Waals surface area contributed by atoms with Crippen molar-refractivity contribution >= 4 is 5.69 Å². The maximum absolute atomic E-state index is 5.59. The van der Waals surface area contributed by atoms with Crippen molar-refractivity contribution in [2.45, 2.75) is 6.42 Å². The van der Waals surface area contributed by atoms with E-state index in [9.17, 15) is 0 Å². The number of aromatic nitrogens is 4. The topological polar surface area (TPSA) is 100.0 Å². The van der Waals surface area contributed by atoms with Crippen LogP contribution in [0.2, 0.25) is 0 Å². The van der Waals surface area contributed by atoms with E-state index in [2.05, 4.69) is 20.1 Å². The van der Waals surface area contributed by atoms with Crippen LogP contribution in [-0.4, -0.2) is 27.2 Å². The molecule has 3 heterocycles. The molecule has 0 atom stereocenters. The molecule has 3 aromatic rings. The predicted octanol–water partition coefficient (Wildman–Crippen LogP) is 1.71. The highest BCUT2D eigenvalue weighted by atomic mass is 16.5. The van der Waals surface area contributed by atoms with Gasteiger partial charge in [0.05, 0.1) is 19.0 Å². The van der Waals surface area contributed by atoms with Crippen LogP contribution in [-0.2, 0) is 6.42 Å². The Morgan fingerprint density at radius 2 is 2.05 bits per heavy atom. The first-order valence-electron chi connectivity index (χ1n) is 6.28. The van der Waals surface area contributed by atoms with E-state index < -0.39 is 0 Å². The minimum atomic E-state index is 0.367. The number of hydrogen-bond donors (Lipinski definition) is 1. The average molecular weight is 283 g/mol. The molecule has 0 aromatic carbocycles. The van der Waals surface area contributed by atoms with Crippen LogP contribution in [0.25, 0.3) is 11.6 Å². The summed E-state index contributed by atoms with van der Waals surface area (Å²) in [4.78, 5) is 12.6. The van der Waals surface area contributed by atoms with Crippen molar-refractivity contribution in [3.63, 3.8) is 0 Å². The van der Waals surface area contributed by atoms with Gasteiger partial charge in [0.15, 0.2) is 5.82 Å². The SMILES string of the molecule is COc1ccc(Cc2noc(-c3ccc(N)cn3)n2)cn1. The molecule has 0 aliphatic rings. The minimum Gasteiger partial charge on any atom is -0.481 e. The Morgan fingerprint density at radius 1 is 1.14 bits per heavy atom. The van der Waals surface area contributed by atoms with Crippen molar-refractivity contribution in [3.8, 4) is 17.5 Å². The molecule has 0 fully saturated rings. The van der Waals surface area contributed by atoms with Crippen LogP contribution in [0.15, 0.2) is 41.2 Å². The molecule has 0 radical (unpaired) electrons. The largest absolute Gasteiger partial charge is 0.481 e. The van der Waals surface area contributed by atoms with Crippen molar-refractivity contribution in [2.24, 2.45) is 0 Å². The third-order valence-electron chi connectivity index (χ3n) is 2.84. The van der Waals surface area contributed by atoms with Gasteiger partial charge in [-0.25, -0.2) is 9.97 Å². The third kappa shape index (κ3) is 2.97. The summed E-state index contributed by atoms with van der Waals surface area (Å²) in [6.07, 6.45) is 3.79. The molecule has 106 valence electrons. The standard InChI is InChI=1S/C14H13N5O2/c1-20-13-5-2-9(7-17-13)6-12-18-14(21-19-12)11-4-3-10(15)8-16-11/h2-5,7-8H,6,15H2,1H3. The lowest BCUT2D eigenvalue weighted by molar-refractivity contribution is 0.397. The molecule has 7 nitrogen and oxygen atoms in total. The van der Waals surface area contributed by atoms with Crippen molar-refractivity contribution in [2.75, 3.05) is 12.8 Å². The molecule has 0 saturated carbocycles. The van der Waals surface area contributed by atoms with Crippen molar-refractivity contribution in [3.05, 3.63) is 48.0 Å². The molecule has 3 rings (SSSR count). The molecule has 7 heteroatoms. The number of nitrogen functional groups attached to an aromatic ring is 1. The van der Waals surface area contributed by atoms with Gasteiger partial charge in [-0.1, -0.05) is 11.2 Å². The third-order valence-corrected chi connectivity index (χ3v) is 2.84. The van der Waals surface area contributed by atoms with Gasteiger partial charge in [-0.2, -0.15) is 4.98 Å². The van der Waals surface area contributed by atoms with Crippen LogP contribution in [0.5, 0.6) is 5.88 Å². The molecule has 0 bridgehead atoms.